The van der Waals surface area contributed by atoms with Crippen LogP contribution in [0.25, 0.3) is 39.3 Å². The molecule has 2 amide bonds. The van der Waals surface area contributed by atoms with Crippen molar-refractivity contribution < 1.29 is 27.2 Å². The summed E-state index contributed by atoms with van der Waals surface area (Å²) in [5.74, 6) is -2.76. The van der Waals surface area contributed by atoms with Crippen molar-refractivity contribution in [1.29, 1.82) is 0 Å². The largest absolute Gasteiger partial charge is 0.459 e. The van der Waals surface area contributed by atoms with Crippen LogP contribution in [-0.2, 0) is 11.3 Å². The fourth-order valence-corrected chi connectivity index (χ4v) is 5.53. The van der Waals surface area contributed by atoms with E-state index in [-0.39, 0.29) is 50.1 Å². The normalized spacial score (nSPS) is 14.6. The summed E-state index contributed by atoms with van der Waals surface area (Å²) in [4.78, 5) is 30.9. The van der Waals surface area contributed by atoms with Crippen molar-refractivity contribution in [3.05, 3.63) is 113 Å². The Labute approximate surface area is 263 Å². The summed E-state index contributed by atoms with van der Waals surface area (Å²) in [7, 11) is 0. The van der Waals surface area contributed by atoms with Gasteiger partial charge in [-0.1, -0.05) is 18.2 Å². The fraction of sp³-hybridized carbons (Fsp3) is 0.194. The van der Waals surface area contributed by atoms with Gasteiger partial charge in [0.15, 0.2) is 0 Å². The van der Waals surface area contributed by atoms with Crippen molar-refractivity contribution in [1.82, 2.24) is 15.2 Å². The number of halogens is 3. The first-order valence-electron chi connectivity index (χ1n) is 14.8. The summed E-state index contributed by atoms with van der Waals surface area (Å²) in [5.41, 5.74) is 11.2. The Morgan fingerprint density at radius 1 is 0.978 bits per heavy atom. The zero-order chi connectivity index (χ0) is 32.4. The van der Waals surface area contributed by atoms with Crippen LogP contribution in [0.3, 0.4) is 0 Å². The lowest BCUT2D eigenvalue weighted by molar-refractivity contribution is -0.116. The van der Waals surface area contributed by atoms with Gasteiger partial charge in [-0.05, 0) is 95.4 Å². The fourth-order valence-electron chi connectivity index (χ4n) is 5.53. The van der Waals surface area contributed by atoms with Crippen molar-refractivity contribution in [3.8, 4) is 22.3 Å². The number of carbonyl (C=O) groups is 2. The molecule has 0 bridgehead atoms. The van der Waals surface area contributed by atoms with Gasteiger partial charge in [-0.3, -0.25) is 9.59 Å². The van der Waals surface area contributed by atoms with Gasteiger partial charge < -0.3 is 20.4 Å². The number of hydrogen-bond donors (Lipinski definition) is 2. The molecule has 7 nitrogen and oxygen atoms in total. The van der Waals surface area contributed by atoms with E-state index >= 15 is 0 Å². The molecule has 1 saturated heterocycles. The molecule has 0 spiro atoms. The van der Waals surface area contributed by atoms with Crippen LogP contribution in [-0.4, -0.2) is 40.7 Å². The first-order valence-corrected chi connectivity index (χ1v) is 14.8. The van der Waals surface area contributed by atoms with Gasteiger partial charge in [0.2, 0.25) is 5.91 Å². The smallest absolute Gasteiger partial charge is 0.253 e. The number of hydrogen-bond acceptors (Lipinski definition) is 5. The third-order valence-electron chi connectivity index (χ3n) is 8.07. The zero-order valence-electron chi connectivity index (χ0n) is 25.0. The van der Waals surface area contributed by atoms with Crippen LogP contribution in [0.2, 0.25) is 0 Å². The zero-order valence-corrected chi connectivity index (χ0v) is 25.0. The minimum Gasteiger partial charge on any atom is -0.459 e. The number of nitrogens with two attached hydrogens (primary N) is 1. The molecule has 3 heterocycles. The lowest BCUT2D eigenvalue weighted by Crippen LogP contribution is -2.42. The Morgan fingerprint density at radius 3 is 2.43 bits per heavy atom. The maximum atomic E-state index is 14.0. The maximum Gasteiger partial charge on any atom is 0.253 e. The molecule has 2 aromatic heterocycles. The average Bonchev–Trinajstić information content (AvgIpc) is 3.46. The summed E-state index contributed by atoms with van der Waals surface area (Å²) >= 11 is 0. The highest BCUT2D eigenvalue weighted by Gasteiger charge is 2.35. The van der Waals surface area contributed by atoms with Crippen LogP contribution < -0.4 is 11.1 Å². The molecule has 6 rings (SSSR count). The number of fused-ring (bicyclic) bond motifs is 1. The highest BCUT2D eigenvalue weighted by atomic mass is 19.3. The van der Waals surface area contributed by atoms with Crippen molar-refractivity contribution in [2.45, 2.75) is 32.2 Å². The first kappa shape index (κ1) is 30.6. The molecule has 3 N–H and O–H groups in total. The number of alkyl halides is 2. The number of nitrogens with one attached hydrogen (secondary N) is 1. The molecule has 234 valence electrons. The van der Waals surface area contributed by atoms with E-state index < -0.39 is 5.92 Å². The van der Waals surface area contributed by atoms with Gasteiger partial charge in [-0.25, -0.2) is 18.2 Å². The van der Waals surface area contributed by atoms with Crippen molar-refractivity contribution in [3.63, 3.8) is 0 Å². The van der Waals surface area contributed by atoms with E-state index in [9.17, 15) is 22.8 Å². The topological polar surface area (TPSA) is 101 Å². The molecule has 0 unspecified atom stereocenters. The number of likely N-dealkylation sites (tertiary alicyclic amines) is 1. The van der Waals surface area contributed by atoms with Gasteiger partial charge in [0.25, 0.3) is 11.8 Å². The predicted molar refractivity (Wildman–Crippen MR) is 171 cm³/mol. The summed E-state index contributed by atoms with van der Waals surface area (Å²) in [6.45, 7) is 1.99. The third-order valence-corrected chi connectivity index (χ3v) is 8.07. The van der Waals surface area contributed by atoms with E-state index in [0.29, 0.717) is 22.7 Å². The van der Waals surface area contributed by atoms with E-state index in [4.69, 9.17) is 10.2 Å². The number of nitrogen functional groups attached to an aromatic ring is 1. The highest BCUT2D eigenvalue weighted by molar-refractivity contribution is 5.99. The Morgan fingerprint density at radius 2 is 1.74 bits per heavy atom. The van der Waals surface area contributed by atoms with E-state index in [1.54, 1.807) is 42.6 Å². The van der Waals surface area contributed by atoms with E-state index in [1.165, 1.54) is 23.1 Å². The standard InChI is InChI=1S/C36H31F3N4O3/c1-22-16-28(37)8-9-30(22)31-19-26(24-4-6-25(7-5-24)35(45)43-14-12-36(38,39)13-15-43)17-27-18-29(46-34(27)31)21-42-33(44)11-3-23-2-10-32(40)41-20-23/h2-11,16-20H,12-15,21H2,1H3,(H2,40,41)(H,42,44)/b11-3+. The average molecular weight is 625 g/mol. The predicted octanol–water partition coefficient (Wildman–Crippen LogP) is 7.39. The van der Waals surface area contributed by atoms with Gasteiger partial charge in [0.05, 0.1) is 6.54 Å². The number of piperidine rings is 1. The lowest BCUT2D eigenvalue weighted by Gasteiger charge is -2.31. The van der Waals surface area contributed by atoms with Crippen LogP contribution in [0.1, 0.15) is 40.1 Å². The van der Waals surface area contributed by atoms with Crippen LogP contribution in [0.4, 0.5) is 19.0 Å². The van der Waals surface area contributed by atoms with Crippen molar-refractivity contribution >= 4 is 34.7 Å². The van der Waals surface area contributed by atoms with Gasteiger partial charge in [0, 0.05) is 54.7 Å². The van der Waals surface area contributed by atoms with E-state index in [0.717, 1.165) is 38.8 Å². The van der Waals surface area contributed by atoms with Crippen molar-refractivity contribution in [2.24, 2.45) is 0 Å². The number of carbonyl (C=O) groups excluding carboxylic acids is 2. The molecule has 0 saturated carbocycles. The molecule has 46 heavy (non-hydrogen) atoms. The maximum absolute atomic E-state index is 14.0. The summed E-state index contributed by atoms with van der Waals surface area (Å²) in [5, 5.41) is 3.60. The van der Waals surface area contributed by atoms with Gasteiger partial charge in [-0.15, -0.1) is 0 Å². The second-order valence-corrected chi connectivity index (χ2v) is 11.4. The van der Waals surface area contributed by atoms with Gasteiger partial charge in [-0.2, -0.15) is 0 Å². The number of nitrogens with zero attached hydrogens (tertiary/aromatic N) is 2. The molecule has 1 aliphatic heterocycles. The third kappa shape index (κ3) is 6.81. The second kappa shape index (κ2) is 12.5. The van der Waals surface area contributed by atoms with E-state index in [2.05, 4.69) is 10.3 Å². The number of pyridine rings is 1. The molecule has 3 aromatic carbocycles. The molecule has 1 aliphatic rings. The molecule has 10 heteroatoms. The molecule has 0 aliphatic carbocycles. The Bertz CT molecular complexity index is 1940. The van der Waals surface area contributed by atoms with E-state index in [1.807, 2.05) is 37.3 Å². The van der Waals surface area contributed by atoms with Gasteiger partial charge >= 0.3 is 0 Å². The summed E-state index contributed by atoms with van der Waals surface area (Å²) in [6, 6.07) is 20.7. The quantitative estimate of drug-likeness (QED) is 0.184. The number of furan rings is 1. The Kier molecular flexibility index (Phi) is 8.36. The number of amides is 2. The van der Waals surface area contributed by atoms with Crippen LogP contribution in [0, 0.1) is 12.7 Å². The summed E-state index contributed by atoms with van der Waals surface area (Å²) < 4.78 is 47.4. The SMILES string of the molecule is Cc1cc(F)ccc1-c1cc(-c2ccc(C(=O)N3CCC(F)(F)CC3)cc2)cc2cc(CNC(=O)/C=C/c3ccc(N)nc3)oc12. The lowest BCUT2D eigenvalue weighted by atomic mass is 9.94. The molecular weight excluding hydrogens is 593 g/mol. The molecule has 0 atom stereocenters. The number of benzene rings is 3. The Balaban J connectivity index is 1.27. The van der Waals surface area contributed by atoms with Crippen LogP contribution in [0.15, 0.2) is 89.5 Å². The minimum atomic E-state index is -2.73. The molecular formula is C36H31F3N4O3. The van der Waals surface area contributed by atoms with Gasteiger partial charge in [0.1, 0.15) is 23.0 Å². The molecule has 0 radical (unpaired) electrons. The minimum absolute atomic E-state index is 0.0181. The Hall–Kier alpha value is -5.38. The molecule has 1 fully saturated rings. The number of rotatable bonds is 7. The van der Waals surface area contributed by atoms with Crippen LogP contribution >= 0.6 is 0 Å². The highest BCUT2D eigenvalue weighted by Crippen LogP contribution is 2.38. The monoisotopic (exact) mass is 624 g/mol. The van der Waals surface area contributed by atoms with Crippen LogP contribution in [0.5, 0.6) is 0 Å². The number of aromatic nitrogens is 1. The van der Waals surface area contributed by atoms with Crippen molar-refractivity contribution in [2.75, 3.05) is 18.8 Å². The summed E-state index contributed by atoms with van der Waals surface area (Å²) in [6.07, 6.45) is 3.93. The first-order chi connectivity index (χ1) is 22.0. The number of aryl methyl sites for hydroxylation is 1. The second-order valence-electron chi connectivity index (χ2n) is 11.4. The number of anilines is 1. The molecule has 5 aromatic rings.